The molecule has 0 radical (unpaired) electrons. The lowest BCUT2D eigenvalue weighted by Gasteiger charge is -2.11. The molecule has 1 aromatic heterocycles. The summed E-state index contributed by atoms with van der Waals surface area (Å²) in [7, 11) is 0. The van der Waals surface area contributed by atoms with Crippen LogP contribution < -0.4 is 15.4 Å². The van der Waals surface area contributed by atoms with Crippen molar-refractivity contribution >= 4 is 17.3 Å². The second-order valence-electron chi connectivity index (χ2n) is 6.77. The molecule has 3 aromatic rings. The van der Waals surface area contributed by atoms with Gasteiger partial charge in [-0.25, -0.2) is 0 Å². The zero-order valence-electron chi connectivity index (χ0n) is 16.2. The Bertz CT molecular complexity index is 893. The molecule has 0 aliphatic heterocycles. The van der Waals surface area contributed by atoms with Crippen molar-refractivity contribution in [3.05, 3.63) is 84.2 Å². The van der Waals surface area contributed by atoms with Crippen LogP contribution in [-0.2, 0) is 6.42 Å². The van der Waals surface area contributed by atoms with Crippen LogP contribution in [0.1, 0.15) is 29.8 Å². The first kappa shape index (κ1) is 19.4. The van der Waals surface area contributed by atoms with Crippen LogP contribution >= 0.6 is 0 Å². The number of anilines is 2. The molecule has 2 aromatic carbocycles. The second-order valence-corrected chi connectivity index (χ2v) is 6.77. The van der Waals surface area contributed by atoms with Gasteiger partial charge < -0.3 is 15.4 Å². The van der Waals surface area contributed by atoms with Crippen LogP contribution in [0.4, 0.5) is 11.4 Å². The number of aromatic nitrogens is 1. The van der Waals surface area contributed by atoms with E-state index in [-0.39, 0.29) is 12.0 Å². The number of nitrogens with zero attached hydrogens (tertiary/aromatic N) is 1. The van der Waals surface area contributed by atoms with E-state index < -0.39 is 0 Å². The molecule has 0 aliphatic carbocycles. The fourth-order valence-electron chi connectivity index (χ4n) is 2.76. The molecule has 144 valence electrons. The third-order valence-corrected chi connectivity index (χ3v) is 4.06. The molecule has 5 nitrogen and oxygen atoms in total. The average Bonchev–Trinajstić information content (AvgIpc) is 2.70. The summed E-state index contributed by atoms with van der Waals surface area (Å²) in [6.07, 6.45) is 4.20. The Hall–Kier alpha value is -3.34. The number of pyridine rings is 1. The van der Waals surface area contributed by atoms with Gasteiger partial charge in [-0.2, -0.15) is 0 Å². The molecule has 0 bridgehead atoms. The number of rotatable bonds is 8. The molecule has 5 heteroatoms. The second kappa shape index (κ2) is 9.55. The summed E-state index contributed by atoms with van der Waals surface area (Å²) >= 11 is 0. The zero-order chi connectivity index (χ0) is 19.8. The summed E-state index contributed by atoms with van der Waals surface area (Å²) in [6, 6.07) is 19.6. The van der Waals surface area contributed by atoms with Crippen LogP contribution in [-0.4, -0.2) is 23.5 Å². The number of hydrogen-bond donors (Lipinski definition) is 2. The lowest BCUT2D eigenvalue weighted by atomic mass is 10.1. The topological polar surface area (TPSA) is 63.2 Å². The smallest absolute Gasteiger partial charge is 0.252 e. The minimum atomic E-state index is -0.132. The highest BCUT2D eigenvalue weighted by atomic mass is 16.5. The van der Waals surface area contributed by atoms with Crippen LogP contribution in [0.25, 0.3) is 0 Å². The molecule has 0 unspecified atom stereocenters. The Morgan fingerprint density at radius 1 is 1.00 bits per heavy atom. The van der Waals surface area contributed by atoms with Crippen molar-refractivity contribution in [3.63, 3.8) is 0 Å². The van der Waals surface area contributed by atoms with Gasteiger partial charge in [0.15, 0.2) is 0 Å². The van der Waals surface area contributed by atoms with E-state index in [0.717, 1.165) is 23.5 Å². The van der Waals surface area contributed by atoms with Gasteiger partial charge in [0.25, 0.3) is 5.91 Å². The standard InChI is InChI=1S/C23H25N3O2/c1-17(2)28-22-10-8-20(9-11-22)26-21-14-19(15-24-16-21)23(27)25-13-12-18-6-4-3-5-7-18/h3-11,14-17,26H,12-13H2,1-2H3,(H,25,27). The first-order valence-electron chi connectivity index (χ1n) is 9.41. The first-order chi connectivity index (χ1) is 13.6. The molecule has 0 spiro atoms. The van der Waals surface area contributed by atoms with Gasteiger partial charge in [-0.05, 0) is 56.2 Å². The van der Waals surface area contributed by atoms with Crippen molar-refractivity contribution in [2.75, 3.05) is 11.9 Å². The molecule has 3 rings (SSSR count). The molecule has 2 N–H and O–H groups in total. The van der Waals surface area contributed by atoms with E-state index in [0.29, 0.717) is 12.1 Å². The summed E-state index contributed by atoms with van der Waals surface area (Å²) in [5, 5.41) is 6.20. The van der Waals surface area contributed by atoms with E-state index in [2.05, 4.69) is 27.8 Å². The summed E-state index contributed by atoms with van der Waals surface area (Å²) in [5.41, 5.74) is 3.38. The summed E-state index contributed by atoms with van der Waals surface area (Å²) < 4.78 is 5.65. The molecule has 0 aliphatic rings. The van der Waals surface area contributed by atoms with Gasteiger partial charge in [0.05, 0.1) is 23.6 Å². The van der Waals surface area contributed by atoms with E-state index in [1.54, 1.807) is 18.5 Å². The van der Waals surface area contributed by atoms with E-state index in [1.165, 1.54) is 5.56 Å². The molecule has 1 heterocycles. The minimum absolute atomic E-state index is 0.132. The maximum absolute atomic E-state index is 12.4. The predicted molar refractivity (Wildman–Crippen MR) is 112 cm³/mol. The maximum atomic E-state index is 12.4. The van der Waals surface area contributed by atoms with Gasteiger partial charge in [-0.1, -0.05) is 30.3 Å². The monoisotopic (exact) mass is 375 g/mol. The van der Waals surface area contributed by atoms with Gasteiger partial charge in [0.2, 0.25) is 0 Å². The van der Waals surface area contributed by atoms with Gasteiger partial charge in [0, 0.05) is 18.4 Å². The molecule has 1 amide bonds. The predicted octanol–water partition coefficient (Wildman–Crippen LogP) is 4.58. The highest BCUT2D eigenvalue weighted by molar-refractivity contribution is 5.94. The van der Waals surface area contributed by atoms with E-state index in [9.17, 15) is 4.79 Å². The van der Waals surface area contributed by atoms with Crippen LogP contribution in [0.3, 0.4) is 0 Å². The molecular weight excluding hydrogens is 350 g/mol. The number of hydrogen-bond acceptors (Lipinski definition) is 4. The number of nitrogens with one attached hydrogen (secondary N) is 2. The molecule has 0 fully saturated rings. The Morgan fingerprint density at radius 3 is 2.46 bits per heavy atom. The summed E-state index contributed by atoms with van der Waals surface area (Å²) in [4.78, 5) is 16.6. The van der Waals surface area contributed by atoms with Gasteiger partial charge in [-0.3, -0.25) is 9.78 Å². The van der Waals surface area contributed by atoms with Crippen molar-refractivity contribution in [2.24, 2.45) is 0 Å². The molecule has 0 saturated heterocycles. The van der Waals surface area contributed by atoms with Crippen molar-refractivity contribution < 1.29 is 9.53 Å². The summed E-state index contributed by atoms with van der Waals surface area (Å²) in [5.74, 6) is 0.693. The Kier molecular flexibility index (Phi) is 6.63. The Morgan fingerprint density at radius 2 is 1.75 bits per heavy atom. The van der Waals surface area contributed by atoms with Crippen LogP contribution in [0, 0.1) is 0 Å². The van der Waals surface area contributed by atoms with Crippen molar-refractivity contribution in [1.82, 2.24) is 10.3 Å². The van der Waals surface area contributed by atoms with E-state index in [1.807, 2.05) is 56.3 Å². The lowest BCUT2D eigenvalue weighted by molar-refractivity contribution is 0.0954. The van der Waals surface area contributed by atoms with Crippen molar-refractivity contribution in [1.29, 1.82) is 0 Å². The van der Waals surface area contributed by atoms with Gasteiger partial charge >= 0.3 is 0 Å². The van der Waals surface area contributed by atoms with E-state index in [4.69, 9.17) is 4.74 Å². The van der Waals surface area contributed by atoms with Gasteiger partial charge in [-0.15, -0.1) is 0 Å². The highest BCUT2D eigenvalue weighted by Gasteiger charge is 2.07. The number of amides is 1. The molecule has 0 atom stereocenters. The summed E-state index contributed by atoms with van der Waals surface area (Å²) in [6.45, 7) is 4.57. The fraction of sp³-hybridized carbons (Fsp3) is 0.217. The zero-order valence-corrected chi connectivity index (χ0v) is 16.2. The number of benzene rings is 2. The van der Waals surface area contributed by atoms with Crippen LogP contribution in [0.15, 0.2) is 73.1 Å². The lowest BCUT2D eigenvalue weighted by Crippen LogP contribution is -2.25. The highest BCUT2D eigenvalue weighted by Crippen LogP contribution is 2.21. The fourth-order valence-corrected chi connectivity index (χ4v) is 2.76. The number of carbonyl (C=O) groups is 1. The first-order valence-corrected chi connectivity index (χ1v) is 9.41. The largest absolute Gasteiger partial charge is 0.491 e. The third-order valence-electron chi connectivity index (χ3n) is 4.06. The third kappa shape index (κ3) is 5.84. The molecule has 28 heavy (non-hydrogen) atoms. The number of ether oxygens (including phenoxy) is 1. The molecular formula is C23H25N3O2. The number of carbonyl (C=O) groups excluding carboxylic acids is 1. The average molecular weight is 375 g/mol. The van der Waals surface area contributed by atoms with Crippen LogP contribution in [0.2, 0.25) is 0 Å². The van der Waals surface area contributed by atoms with Crippen molar-refractivity contribution in [2.45, 2.75) is 26.4 Å². The van der Waals surface area contributed by atoms with E-state index >= 15 is 0 Å². The van der Waals surface area contributed by atoms with Crippen LogP contribution in [0.5, 0.6) is 5.75 Å². The van der Waals surface area contributed by atoms with Gasteiger partial charge in [0.1, 0.15) is 5.75 Å². The minimum Gasteiger partial charge on any atom is -0.491 e. The maximum Gasteiger partial charge on any atom is 0.252 e. The SMILES string of the molecule is CC(C)Oc1ccc(Nc2cncc(C(=O)NCCc3ccccc3)c2)cc1. The normalized spacial score (nSPS) is 10.5. The molecule has 0 saturated carbocycles. The Labute approximate surface area is 165 Å². The quantitative estimate of drug-likeness (QED) is 0.605. The van der Waals surface area contributed by atoms with Crippen molar-refractivity contribution in [3.8, 4) is 5.75 Å². The Balaban J connectivity index is 1.56.